The maximum Gasteiger partial charge on any atom is 0.341 e. The molecule has 0 spiro atoms. The van der Waals surface area contributed by atoms with Gasteiger partial charge in [0.1, 0.15) is 5.60 Å². The van der Waals surface area contributed by atoms with Crippen molar-refractivity contribution in [3.05, 3.63) is 11.6 Å². The molecule has 3 nitrogen and oxygen atoms in total. The second-order valence-corrected chi connectivity index (χ2v) is 3.36. The second-order valence-electron chi connectivity index (χ2n) is 3.36. The summed E-state index contributed by atoms with van der Waals surface area (Å²) in [5.74, 6) is -0.569. The Bertz CT molecular complexity index is 208. The molecule has 0 fully saturated rings. The van der Waals surface area contributed by atoms with Crippen LogP contribution in [0.2, 0.25) is 0 Å². The number of allylic oxidation sites excluding steroid dienone is 1. The van der Waals surface area contributed by atoms with Gasteiger partial charge in [-0.15, -0.1) is 0 Å². The topological polar surface area (TPSA) is 43.4 Å². The van der Waals surface area contributed by atoms with Crippen LogP contribution >= 0.6 is 0 Å². The molecule has 0 heterocycles. The molecule has 0 bridgehead atoms. The fourth-order valence-electron chi connectivity index (χ4n) is 0.571. The molecule has 0 unspecified atom stereocenters. The highest BCUT2D eigenvalue weighted by Crippen LogP contribution is 2.09. The van der Waals surface area contributed by atoms with Gasteiger partial charge < -0.3 is 4.74 Å². The highest BCUT2D eigenvalue weighted by molar-refractivity contribution is 6.07. The molecule has 0 aliphatic rings. The maximum absolute atomic E-state index is 11.1. The summed E-state index contributed by atoms with van der Waals surface area (Å²) in [5.41, 5.74) is -0.487. The first-order valence-corrected chi connectivity index (χ1v) is 3.75. The van der Waals surface area contributed by atoms with E-state index in [0.717, 1.165) is 0 Å². The minimum atomic E-state index is -0.569. The third kappa shape index (κ3) is 3.91. The summed E-state index contributed by atoms with van der Waals surface area (Å²) >= 11 is 0. The molecule has 0 aromatic heterocycles. The van der Waals surface area contributed by atoms with Crippen molar-refractivity contribution in [3.63, 3.8) is 0 Å². The number of hydrogen-bond acceptors (Lipinski definition) is 3. The van der Waals surface area contributed by atoms with E-state index in [1.807, 2.05) is 0 Å². The Hall–Kier alpha value is -1.12. The molecule has 68 valence electrons. The van der Waals surface area contributed by atoms with E-state index in [1.54, 1.807) is 27.7 Å². The quantitative estimate of drug-likeness (QED) is 0.207. The molecule has 0 aliphatic carbocycles. The summed E-state index contributed by atoms with van der Waals surface area (Å²) in [7, 11) is 0. The van der Waals surface area contributed by atoms with E-state index in [4.69, 9.17) is 4.74 Å². The summed E-state index contributed by atoms with van der Waals surface area (Å²) < 4.78 is 4.94. The molecular weight excluding hydrogens is 156 g/mol. The van der Waals surface area contributed by atoms with Crippen molar-refractivity contribution in [2.75, 3.05) is 0 Å². The number of hydrogen-bond donors (Lipinski definition) is 0. The van der Waals surface area contributed by atoms with Gasteiger partial charge in [0.15, 0.2) is 6.29 Å². The van der Waals surface area contributed by atoms with Crippen molar-refractivity contribution in [3.8, 4) is 0 Å². The number of carbonyl (C=O) groups excluding carboxylic acids is 2. The van der Waals surface area contributed by atoms with Gasteiger partial charge in [-0.2, -0.15) is 0 Å². The van der Waals surface area contributed by atoms with E-state index in [0.29, 0.717) is 6.29 Å². The van der Waals surface area contributed by atoms with Crippen molar-refractivity contribution >= 4 is 12.3 Å². The monoisotopic (exact) mass is 170 g/mol. The van der Waals surface area contributed by atoms with Gasteiger partial charge >= 0.3 is 5.97 Å². The lowest BCUT2D eigenvalue weighted by atomic mass is 10.2. The zero-order valence-corrected chi connectivity index (χ0v) is 7.88. The molecule has 0 saturated heterocycles. The SMILES string of the molecule is C/C=C(/C=O)C(=O)OC(C)(C)C. The van der Waals surface area contributed by atoms with Gasteiger partial charge in [0.05, 0.1) is 5.57 Å². The van der Waals surface area contributed by atoms with Gasteiger partial charge in [0.25, 0.3) is 0 Å². The van der Waals surface area contributed by atoms with Crippen molar-refractivity contribution in [2.24, 2.45) is 0 Å². The van der Waals surface area contributed by atoms with E-state index in [1.165, 1.54) is 6.08 Å². The minimum absolute atomic E-state index is 0.0601. The number of aldehydes is 1. The number of esters is 1. The first-order chi connectivity index (χ1) is 5.40. The number of ether oxygens (including phenoxy) is 1. The van der Waals surface area contributed by atoms with Crippen LogP contribution in [0.4, 0.5) is 0 Å². The van der Waals surface area contributed by atoms with Crippen molar-refractivity contribution in [1.29, 1.82) is 0 Å². The highest BCUT2D eigenvalue weighted by Gasteiger charge is 2.18. The van der Waals surface area contributed by atoms with E-state index in [9.17, 15) is 9.59 Å². The molecule has 0 N–H and O–H groups in total. The van der Waals surface area contributed by atoms with E-state index >= 15 is 0 Å². The van der Waals surface area contributed by atoms with Crippen LogP contribution in [0.5, 0.6) is 0 Å². The molecule has 12 heavy (non-hydrogen) atoms. The maximum atomic E-state index is 11.1. The van der Waals surface area contributed by atoms with Gasteiger partial charge in [-0.25, -0.2) is 4.79 Å². The van der Waals surface area contributed by atoms with Crippen LogP contribution in [0.25, 0.3) is 0 Å². The normalized spacial score (nSPS) is 12.5. The van der Waals surface area contributed by atoms with Gasteiger partial charge in [-0.05, 0) is 27.7 Å². The predicted octanol–water partition coefficient (Wildman–Crippen LogP) is 1.47. The van der Waals surface area contributed by atoms with Crippen molar-refractivity contribution in [1.82, 2.24) is 0 Å². The third-order valence-electron chi connectivity index (χ3n) is 1.07. The first-order valence-electron chi connectivity index (χ1n) is 3.75. The Morgan fingerprint density at radius 3 is 2.08 bits per heavy atom. The fraction of sp³-hybridized carbons (Fsp3) is 0.556. The third-order valence-corrected chi connectivity index (χ3v) is 1.07. The lowest BCUT2D eigenvalue weighted by Gasteiger charge is -2.19. The number of carbonyl (C=O) groups is 2. The van der Waals surface area contributed by atoms with Crippen molar-refractivity contribution in [2.45, 2.75) is 33.3 Å². The lowest BCUT2D eigenvalue weighted by Crippen LogP contribution is -2.25. The van der Waals surface area contributed by atoms with Crippen LogP contribution in [0, 0.1) is 0 Å². The summed E-state index contributed by atoms with van der Waals surface area (Å²) in [6, 6.07) is 0. The van der Waals surface area contributed by atoms with E-state index < -0.39 is 11.6 Å². The average molecular weight is 170 g/mol. The second kappa shape index (κ2) is 4.04. The van der Waals surface area contributed by atoms with Crippen LogP contribution < -0.4 is 0 Å². The molecular formula is C9H14O3. The smallest absolute Gasteiger partial charge is 0.341 e. The van der Waals surface area contributed by atoms with Crippen LogP contribution in [-0.4, -0.2) is 17.9 Å². The molecule has 0 atom stereocenters. The minimum Gasteiger partial charge on any atom is -0.456 e. The summed E-state index contributed by atoms with van der Waals surface area (Å²) in [6.45, 7) is 6.88. The van der Waals surface area contributed by atoms with Crippen molar-refractivity contribution < 1.29 is 14.3 Å². The Morgan fingerprint density at radius 1 is 1.33 bits per heavy atom. The van der Waals surface area contributed by atoms with Crippen LogP contribution in [0.15, 0.2) is 11.6 Å². The number of rotatable bonds is 2. The Balaban J connectivity index is 4.32. The highest BCUT2D eigenvalue weighted by atomic mass is 16.6. The summed E-state index contributed by atoms with van der Waals surface area (Å²) in [5, 5.41) is 0. The molecule has 0 aromatic carbocycles. The largest absolute Gasteiger partial charge is 0.456 e. The zero-order chi connectivity index (χ0) is 9.78. The van der Waals surface area contributed by atoms with Gasteiger partial charge in [0.2, 0.25) is 0 Å². The fourth-order valence-corrected chi connectivity index (χ4v) is 0.571. The van der Waals surface area contributed by atoms with Gasteiger partial charge in [-0.1, -0.05) is 6.08 Å². The average Bonchev–Trinajstić information content (AvgIpc) is 1.85. The molecule has 0 aliphatic heterocycles. The molecule has 0 radical (unpaired) electrons. The van der Waals surface area contributed by atoms with E-state index in [2.05, 4.69) is 0 Å². The lowest BCUT2D eigenvalue weighted by molar-refractivity contribution is -0.150. The summed E-state index contributed by atoms with van der Waals surface area (Å²) in [6.07, 6.45) is 1.93. The van der Waals surface area contributed by atoms with Crippen LogP contribution in [-0.2, 0) is 14.3 Å². The summed E-state index contributed by atoms with van der Waals surface area (Å²) in [4.78, 5) is 21.4. The van der Waals surface area contributed by atoms with E-state index in [-0.39, 0.29) is 5.57 Å². The zero-order valence-electron chi connectivity index (χ0n) is 7.88. The molecule has 0 saturated carbocycles. The van der Waals surface area contributed by atoms with Crippen LogP contribution in [0.1, 0.15) is 27.7 Å². The Morgan fingerprint density at radius 2 is 1.83 bits per heavy atom. The Labute approximate surface area is 72.4 Å². The Kier molecular flexibility index (Phi) is 3.67. The molecule has 3 heteroatoms. The first kappa shape index (κ1) is 10.9. The standard InChI is InChI=1S/C9H14O3/c1-5-7(6-10)8(11)12-9(2,3)4/h5-6H,1-4H3/b7-5-. The predicted molar refractivity (Wildman–Crippen MR) is 45.7 cm³/mol. The molecule has 0 aromatic rings. The van der Waals surface area contributed by atoms with Crippen LogP contribution in [0.3, 0.4) is 0 Å². The van der Waals surface area contributed by atoms with Gasteiger partial charge in [-0.3, -0.25) is 4.79 Å². The molecule has 0 amide bonds. The van der Waals surface area contributed by atoms with Gasteiger partial charge in [0, 0.05) is 0 Å². The molecule has 0 rings (SSSR count).